The lowest BCUT2D eigenvalue weighted by Crippen LogP contribution is -2.16. The molecule has 1 aromatic carbocycles. The Morgan fingerprint density at radius 2 is 1.50 bits per heavy atom. The SMILES string of the molecule is Cc1ccc(C(CC(C)(C)C)C(C)C)cc1. The molecule has 0 N–H and O–H groups in total. The van der Waals surface area contributed by atoms with Crippen LogP contribution in [-0.4, -0.2) is 0 Å². The van der Waals surface area contributed by atoms with Crippen molar-refractivity contribution in [2.24, 2.45) is 11.3 Å². The lowest BCUT2D eigenvalue weighted by atomic mass is 9.76. The molecule has 1 aromatic rings. The monoisotopic (exact) mass is 218 g/mol. The summed E-state index contributed by atoms with van der Waals surface area (Å²) in [6.45, 7) is 13.8. The zero-order valence-electron chi connectivity index (χ0n) is 11.7. The van der Waals surface area contributed by atoms with Crippen molar-refractivity contribution in [1.82, 2.24) is 0 Å². The Kier molecular flexibility index (Phi) is 4.18. The number of hydrogen-bond donors (Lipinski definition) is 0. The first kappa shape index (κ1) is 13.3. The van der Waals surface area contributed by atoms with Crippen LogP contribution in [0, 0.1) is 18.3 Å². The predicted molar refractivity (Wildman–Crippen MR) is 72.8 cm³/mol. The summed E-state index contributed by atoms with van der Waals surface area (Å²) in [7, 11) is 0. The van der Waals surface area contributed by atoms with Crippen molar-refractivity contribution in [3.05, 3.63) is 35.4 Å². The van der Waals surface area contributed by atoms with Gasteiger partial charge in [0.25, 0.3) is 0 Å². The van der Waals surface area contributed by atoms with Crippen LogP contribution in [0.15, 0.2) is 24.3 Å². The molecule has 0 spiro atoms. The summed E-state index contributed by atoms with van der Waals surface area (Å²) < 4.78 is 0. The Morgan fingerprint density at radius 1 is 1.00 bits per heavy atom. The molecule has 0 bridgehead atoms. The van der Waals surface area contributed by atoms with E-state index in [1.165, 1.54) is 17.5 Å². The molecule has 0 heteroatoms. The molecule has 1 unspecified atom stereocenters. The average Bonchev–Trinajstić information content (AvgIpc) is 2.14. The summed E-state index contributed by atoms with van der Waals surface area (Å²) in [5.74, 6) is 1.39. The molecule has 0 aliphatic heterocycles. The van der Waals surface area contributed by atoms with E-state index in [1.54, 1.807) is 0 Å². The van der Waals surface area contributed by atoms with Crippen LogP contribution >= 0.6 is 0 Å². The van der Waals surface area contributed by atoms with Gasteiger partial charge in [0.2, 0.25) is 0 Å². The van der Waals surface area contributed by atoms with Crippen molar-refractivity contribution in [2.75, 3.05) is 0 Å². The van der Waals surface area contributed by atoms with Crippen molar-refractivity contribution < 1.29 is 0 Å². The van der Waals surface area contributed by atoms with E-state index in [0.717, 1.165) is 0 Å². The first-order chi connectivity index (χ1) is 7.29. The molecule has 0 aliphatic rings. The summed E-state index contributed by atoms with van der Waals surface area (Å²) >= 11 is 0. The number of aryl methyl sites for hydroxylation is 1. The van der Waals surface area contributed by atoms with Crippen LogP contribution in [0.25, 0.3) is 0 Å². The second-order valence-corrected chi connectivity index (χ2v) is 6.53. The Morgan fingerprint density at radius 3 is 1.88 bits per heavy atom. The highest BCUT2D eigenvalue weighted by Gasteiger charge is 2.22. The fourth-order valence-corrected chi connectivity index (χ4v) is 2.21. The summed E-state index contributed by atoms with van der Waals surface area (Å²) in [5.41, 5.74) is 3.25. The van der Waals surface area contributed by atoms with E-state index in [0.29, 0.717) is 17.3 Å². The highest BCUT2D eigenvalue weighted by Crippen LogP contribution is 2.36. The first-order valence-corrected chi connectivity index (χ1v) is 6.36. The molecule has 0 aliphatic carbocycles. The quantitative estimate of drug-likeness (QED) is 0.656. The largest absolute Gasteiger partial charge is 0.0622 e. The Balaban J connectivity index is 2.90. The van der Waals surface area contributed by atoms with Crippen LogP contribution in [0.2, 0.25) is 0 Å². The Labute approximate surface area is 101 Å². The van der Waals surface area contributed by atoms with Gasteiger partial charge in [0.1, 0.15) is 0 Å². The fourth-order valence-electron chi connectivity index (χ4n) is 2.21. The summed E-state index contributed by atoms with van der Waals surface area (Å²) in [5, 5.41) is 0. The fraction of sp³-hybridized carbons (Fsp3) is 0.625. The number of rotatable bonds is 3. The van der Waals surface area contributed by atoms with E-state index in [1.807, 2.05) is 0 Å². The molecule has 0 saturated carbocycles. The third kappa shape index (κ3) is 4.00. The van der Waals surface area contributed by atoms with Gasteiger partial charge in [-0.05, 0) is 36.2 Å². The van der Waals surface area contributed by atoms with Crippen LogP contribution in [0.5, 0.6) is 0 Å². The van der Waals surface area contributed by atoms with Gasteiger partial charge in [-0.25, -0.2) is 0 Å². The van der Waals surface area contributed by atoms with Crippen LogP contribution in [0.3, 0.4) is 0 Å². The zero-order valence-corrected chi connectivity index (χ0v) is 11.7. The molecule has 16 heavy (non-hydrogen) atoms. The third-order valence-corrected chi connectivity index (χ3v) is 3.14. The third-order valence-electron chi connectivity index (χ3n) is 3.14. The van der Waals surface area contributed by atoms with Crippen molar-refractivity contribution in [2.45, 2.75) is 53.9 Å². The topological polar surface area (TPSA) is 0 Å². The van der Waals surface area contributed by atoms with Gasteiger partial charge < -0.3 is 0 Å². The maximum absolute atomic E-state index is 2.33. The minimum absolute atomic E-state index is 0.403. The van der Waals surface area contributed by atoms with Crippen LogP contribution in [0.4, 0.5) is 0 Å². The van der Waals surface area contributed by atoms with Gasteiger partial charge in [0, 0.05) is 0 Å². The van der Waals surface area contributed by atoms with Gasteiger partial charge >= 0.3 is 0 Å². The second kappa shape index (κ2) is 5.03. The summed E-state index contributed by atoms with van der Waals surface area (Å²) in [6.07, 6.45) is 1.26. The van der Waals surface area contributed by atoms with E-state index in [2.05, 4.69) is 65.8 Å². The highest BCUT2D eigenvalue weighted by molar-refractivity contribution is 5.25. The molecule has 0 aromatic heterocycles. The van der Waals surface area contributed by atoms with Gasteiger partial charge in [-0.1, -0.05) is 64.4 Å². The normalized spacial score (nSPS) is 14.2. The minimum Gasteiger partial charge on any atom is -0.0622 e. The van der Waals surface area contributed by atoms with Crippen molar-refractivity contribution in [3.63, 3.8) is 0 Å². The molecular formula is C16H26. The summed E-state index contributed by atoms with van der Waals surface area (Å²) in [6, 6.07) is 9.05. The van der Waals surface area contributed by atoms with Crippen LogP contribution in [-0.2, 0) is 0 Å². The first-order valence-electron chi connectivity index (χ1n) is 6.36. The number of benzene rings is 1. The van der Waals surface area contributed by atoms with Gasteiger partial charge in [-0.2, -0.15) is 0 Å². The summed E-state index contributed by atoms with van der Waals surface area (Å²) in [4.78, 5) is 0. The lowest BCUT2D eigenvalue weighted by molar-refractivity contribution is 0.301. The molecule has 0 amide bonds. The van der Waals surface area contributed by atoms with E-state index in [9.17, 15) is 0 Å². The molecule has 1 rings (SSSR count). The molecule has 0 nitrogen and oxygen atoms in total. The maximum Gasteiger partial charge on any atom is -0.0134 e. The van der Waals surface area contributed by atoms with Gasteiger partial charge in [-0.15, -0.1) is 0 Å². The molecule has 0 fully saturated rings. The van der Waals surface area contributed by atoms with Crippen molar-refractivity contribution in [1.29, 1.82) is 0 Å². The van der Waals surface area contributed by atoms with Crippen molar-refractivity contribution in [3.8, 4) is 0 Å². The molecule has 0 radical (unpaired) electrons. The van der Waals surface area contributed by atoms with Gasteiger partial charge in [-0.3, -0.25) is 0 Å². The highest BCUT2D eigenvalue weighted by atomic mass is 14.3. The average molecular weight is 218 g/mol. The Bertz CT molecular complexity index is 311. The minimum atomic E-state index is 0.403. The van der Waals surface area contributed by atoms with E-state index in [-0.39, 0.29) is 0 Å². The van der Waals surface area contributed by atoms with E-state index in [4.69, 9.17) is 0 Å². The Hall–Kier alpha value is -0.780. The molecule has 0 heterocycles. The van der Waals surface area contributed by atoms with E-state index < -0.39 is 0 Å². The maximum atomic E-state index is 2.33. The van der Waals surface area contributed by atoms with Crippen LogP contribution in [0.1, 0.15) is 58.1 Å². The van der Waals surface area contributed by atoms with Gasteiger partial charge in [0.05, 0.1) is 0 Å². The van der Waals surface area contributed by atoms with Gasteiger partial charge in [0.15, 0.2) is 0 Å². The molecular weight excluding hydrogens is 192 g/mol. The predicted octanol–water partition coefficient (Wildman–Crippen LogP) is 5.17. The zero-order chi connectivity index (χ0) is 12.3. The molecule has 0 saturated heterocycles. The smallest absolute Gasteiger partial charge is 0.0134 e. The van der Waals surface area contributed by atoms with Crippen LogP contribution < -0.4 is 0 Å². The second-order valence-electron chi connectivity index (χ2n) is 6.53. The molecule has 90 valence electrons. The van der Waals surface area contributed by atoms with E-state index >= 15 is 0 Å². The number of hydrogen-bond acceptors (Lipinski definition) is 0. The molecule has 1 atom stereocenters. The lowest BCUT2D eigenvalue weighted by Gasteiger charge is -2.29. The van der Waals surface area contributed by atoms with Crippen molar-refractivity contribution >= 4 is 0 Å². The standard InChI is InChI=1S/C16H26/c1-12(2)15(11-16(4,5)6)14-9-7-13(3)8-10-14/h7-10,12,15H,11H2,1-6H3.